The summed E-state index contributed by atoms with van der Waals surface area (Å²) in [6.07, 6.45) is 0. The highest BCUT2D eigenvalue weighted by atomic mass is 16.5. The molecule has 3 rings (SSSR count). The van der Waals surface area contributed by atoms with Crippen molar-refractivity contribution in [2.24, 2.45) is 5.73 Å². The summed E-state index contributed by atoms with van der Waals surface area (Å²) in [5.74, 6) is -1.40. The molecule has 0 aliphatic heterocycles. The van der Waals surface area contributed by atoms with Gasteiger partial charge in [0.15, 0.2) is 0 Å². The molecule has 0 radical (unpaired) electrons. The molecule has 3 amide bonds. The molecular weight excluding hydrogens is 458 g/mol. The number of benzene rings is 3. The van der Waals surface area contributed by atoms with E-state index in [2.05, 4.69) is 48.0 Å². The van der Waals surface area contributed by atoms with E-state index in [0.29, 0.717) is 17.8 Å². The number of carbonyl (C=O) groups excluding carboxylic acids is 3. The summed E-state index contributed by atoms with van der Waals surface area (Å²) in [6.45, 7) is 4.80. The standard InChI is InChI=1S/C27H31N5O4/c1-17-3-4-19(13-18(17)2)15-29-16-25(33)30-23-11-9-21(10-12-23)20-5-7-22(8-6-20)26(34)31-24(14-28)27(35)32-36/h3-13,24,29,36H,14-16,28H2,1-2H3,(H,30,33)(H,31,34)(H,32,35)/t24-/m0/s1. The fourth-order valence-electron chi connectivity index (χ4n) is 3.55. The van der Waals surface area contributed by atoms with E-state index in [-0.39, 0.29) is 19.0 Å². The van der Waals surface area contributed by atoms with Gasteiger partial charge in [0.25, 0.3) is 11.8 Å². The van der Waals surface area contributed by atoms with E-state index in [4.69, 9.17) is 10.9 Å². The highest BCUT2D eigenvalue weighted by Gasteiger charge is 2.19. The number of aryl methyl sites for hydroxylation is 2. The molecule has 7 N–H and O–H groups in total. The van der Waals surface area contributed by atoms with E-state index in [9.17, 15) is 14.4 Å². The largest absolute Gasteiger partial charge is 0.339 e. The van der Waals surface area contributed by atoms with E-state index in [0.717, 1.165) is 16.7 Å². The summed E-state index contributed by atoms with van der Waals surface area (Å²) in [7, 11) is 0. The average molecular weight is 490 g/mol. The maximum atomic E-state index is 12.3. The molecule has 0 aromatic heterocycles. The van der Waals surface area contributed by atoms with Crippen LogP contribution in [0.5, 0.6) is 0 Å². The van der Waals surface area contributed by atoms with E-state index in [1.54, 1.807) is 24.3 Å². The second-order valence-corrected chi connectivity index (χ2v) is 8.46. The van der Waals surface area contributed by atoms with Crippen molar-refractivity contribution in [1.82, 2.24) is 16.1 Å². The van der Waals surface area contributed by atoms with Gasteiger partial charge in [-0.05, 0) is 65.9 Å². The lowest BCUT2D eigenvalue weighted by Gasteiger charge is -2.14. The number of hydrogen-bond acceptors (Lipinski definition) is 6. The normalized spacial score (nSPS) is 11.4. The number of nitrogens with one attached hydrogen (secondary N) is 4. The summed E-state index contributed by atoms with van der Waals surface area (Å²) in [5.41, 5.74) is 13.4. The van der Waals surface area contributed by atoms with Gasteiger partial charge in [0.1, 0.15) is 6.04 Å². The van der Waals surface area contributed by atoms with Crippen LogP contribution in [-0.2, 0) is 16.1 Å². The topological polar surface area (TPSA) is 146 Å². The molecule has 1 atom stereocenters. The highest BCUT2D eigenvalue weighted by Crippen LogP contribution is 2.22. The van der Waals surface area contributed by atoms with Gasteiger partial charge in [-0.15, -0.1) is 0 Å². The molecule has 0 fully saturated rings. The molecule has 9 nitrogen and oxygen atoms in total. The van der Waals surface area contributed by atoms with Crippen molar-refractivity contribution in [3.8, 4) is 11.1 Å². The number of carbonyl (C=O) groups is 3. The molecule has 0 unspecified atom stereocenters. The second kappa shape index (κ2) is 12.6. The predicted octanol–water partition coefficient (Wildman–Crippen LogP) is 2.26. The van der Waals surface area contributed by atoms with Crippen LogP contribution in [-0.4, -0.2) is 42.1 Å². The lowest BCUT2D eigenvalue weighted by Crippen LogP contribution is -2.50. The third-order valence-electron chi connectivity index (χ3n) is 5.80. The molecular formula is C27H31N5O4. The summed E-state index contributed by atoms with van der Waals surface area (Å²) in [6, 6.07) is 19.4. The minimum atomic E-state index is -1.04. The summed E-state index contributed by atoms with van der Waals surface area (Å²) < 4.78 is 0. The minimum Gasteiger partial charge on any atom is -0.339 e. The van der Waals surface area contributed by atoms with Crippen LogP contribution < -0.4 is 27.2 Å². The second-order valence-electron chi connectivity index (χ2n) is 8.46. The maximum Gasteiger partial charge on any atom is 0.267 e. The third-order valence-corrected chi connectivity index (χ3v) is 5.80. The SMILES string of the molecule is Cc1ccc(CNCC(=O)Nc2ccc(-c3ccc(C(=O)N[C@@H](CN)C(=O)NO)cc3)cc2)cc1C. The van der Waals surface area contributed by atoms with Crippen LogP contribution in [0.3, 0.4) is 0 Å². The van der Waals surface area contributed by atoms with Gasteiger partial charge in [0, 0.05) is 24.3 Å². The quantitative estimate of drug-likeness (QED) is 0.190. The van der Waals surface area contributed by atoms with Gasteiger partial charge >= 0.3 is 0 Å². The maximum absolute atomic E-state index is 12.3. The molecule has 0 aliphatic carbocycles. The zero-order valence-corrected chi connectivity index (χ0v) is 20.3. The molecule has 0 heterocycles. The van der Waals surface area contributed by atoms with E-state index < -0.39 is 17.9 Å². The predicted molar refractivity (Wildman–Crippen MR) is 138 cm³/mol. The number of hydroxylamine groups is 1. The van der Waals surface area contributed by atoms with Crippen LogP contribution in [0, 0.1) is 13.8 Å². The summed E-state index contributed by atoms with van der Waals surface area (Å²) in [5, 5.41) is 17.2. The fourth-order valence-corrected chi connectivity index (χ4v) is 3.55. The Kier molecular flexibility index (Phi) is 9.29. The number of anilines is 1. The molecule has 36 heavy (non-hydrogen) atoms. The molecule has 3 aromatic rings. The van der Waals surface area contributed by atoms with Crippen LogP contribution in [0.1, 0.15) is 27.0 Å². The fraction of sp³-hybridized carbons (Fsp3) is 0.222. The molecule has 0 aliphatic rings. The molecule has 9 heteroatoms. The Balaban J connectivity index is 1.51. The van der Waals surface area contributed by atoms with Crippen molar-refractivity contribution in [1.29, 1.82) is 0 Å². The molecule has 0 saturated heterocycles. The van der Waals surface area contributed by atoms with Crippen LogP contribution in [0.15, 0.2) is 66.7 Å². The molecule has 3 aromatic carbocycles. The first-order valence-electron chi connectivity index (χ1n) is 11.5. The Labute approximate surface area is 210 Å². The van der Waals surface area contributed by atoms with Gasteiger partial charge in [0.05, 0.1) is 6.54 Å². The van der Waals surface area contributed by atoms with Crippen LogP contribution in [0.4, 0.5) is 5.69 Å². The highest BCUT2D eigenvalue weighted by molar-refractivity contribution is 5.98. The van der Waals surface area contributed by atoms with Crippen molar-refractivity contribution in [2.45, 2.75) is 26.4 Å². The van der Waals surface area contributed by atoms with Gasteiger partial charge < -0.3 is 21.7 Å². The van der Waals surface area contributed by atoms with Crippen molar-refractivity contribution in [2.75, 3.05) is 18.4 Å². The van der Waals surface area contributed by atoms with Gasteiger partial charge in [-0.3, -0.25) is 19.6 Å². The first-order chi connectivity index (χ1) is 17.3. The van der Waals surface area contributed by atoms with Gasteiger partial charge in [-0.1, -0.05) is 42.5 Å². The smallest absolute Gasteiger partial charge is 0.267 e. The van der Waals surface area contributed by atoms with Gasteiger partial charge in [0.2, 0.25) is 5.91 Å². The molecule has 0 saturated carbocycles. The lowest BCUT2D eigenvalue weighted by atomic mass is 10.0. The number of rotatable bonds is 10. The Bertz CT molecular complexity index is 1210. The van der Waals surface area contributed by atoms with E-state index in [1.165, 1.54) is 16.6 Å². The number of hydrogen-bond donors (Lipinski definition) is 6. The molecule has 0 bridgehead atoms. The zero-order chi connectivity index (χ0) is 26.1. The zero-order valence-electron chi connectivity index (χ0n) is 20.3. The van der Waals surface area contributed by atoms with Crippen LogP contribution in [0.2, 0.25) is 0 Å². The first kappa shape index (κ1) is 26.6. The van der Waals surface area contributed by atoms with Gasteiger partial charge in [-0.25, -0.2) is 5.48 Å². The summed E-state index contributed by atoms with van der Waals surface area (Å²) in [4.78, 5) is 36.1. The van der Waals surface area contributed by atoms with Crippen molar-refractivity contribution < 1.29 is 19.6 Å². The van der Waals surface area contributed by atoms with Gasteiger partial charge in [-0.2, -0.15) is 0 Å². The minimum absolute atomic E-state index is 0.132. The lowest BCUT2D eigenvalue weighted by molar-refractivity contribution is -0.130. The Hall–Kier alpha value is -4.05. The third kappa shape index (κ3) is 7.22. The Morgan fingerprint density at radius 2 is 1.53 bits per heavy atom. The van der Waals surface area contributed by atoms with Crippen molar-refractivity contribution in [3.63, 3.8) is 0 Å². The monoisotopic (exact) mass is 489 g/mol. The molecule has 188 valence electrons. The van der Waals surface area contributed by atoms with Crippen LogP contribution in [0.25, 0.3) is 11.1 Å². The van der Waals surface area contributed by atoms with Crippen molar-refractivity contribution >= 4 is 23.4 Å². The number of nitrogens with two attached hydrogens (primary N) is 1. The molecule has 0 spiro atoms. The first-order valence-corrected chi connectivity index (χ1v) is 11.5. The Morgan fingerprint density at radius 3 is 2.11 bits per heavy atom. The summed E-state index contributed by atoms with van der Waals surface area (Å²) >= 11 is 0. The number of amides is 3. The van der Waals surface area contributed by atoms with Crippen LogP contribution >= 0.6 is 0 Å². The van der Waals surface area contributed by atoms with E-state index >= 15 is 0 Å². The van der Waals surface area contributed by atoms with Crippen molar-refractivity contribution in [3.05, 3.63) is 89.0 Å². The average Bonchev–Trinajstić information content (AvgIpc) is 2.89. The Morgan fingerprint density at radius 1 is 0.889 bits per heavy atom. The van der Waals surface area contributed by atoms with E-state index in [1.807, 2.05) is 24.3 Å².